The lowest BCUT2D eigenvalue weighted by atomic mass is 10.0. The van der Waals surface area contributed by atoms with Gasteiger partial charge in [0.1, 0.15) is 11.8 Å². The van der Waals surface area contributed by atoms with Crippen LogP contribution in [0.5, 0.6) is 5.75 Å². The highest BCUT2D eigenvalue weighted by Gasteiger charge is 2.24. The van der Waals surface area contributed by atoms with Crippen molar-refractivity contribution in [1.82, 2.24) is 15.5 Å². The second-order valence-electron chi connectivity index (χ2n) is 8.08. The number of hydrogen-bond donors (Lipinski definition) is 2. The third-order valence-electron chi connectivity index (χ3n) is 5.07. The summed E-state index contributed by atoms with van der Waals surface area (Å²) >= 11 is 0. The maximum Gasteiger partial charge on any atom is 0.258 e. The van der Waals surface area contributed by atoms with Crippen LogP contribution in [0, 0.1) is 11.8 Å². The number of hydrogen-bond acceptors (Lipinski definition) is 4. The number of carbonyl (C=O) groups excluding carboxylic acids is 2. The predicted molar refractivity (Wildman–Crippen MR) is 111 cm³/mol. The molecule has 1 heterocycles. The Morgan fingerprint density at radius 3 is 2.68 bits per heavy atom. The minimum atomic E-state index is -0.554. The average molecular weight is 390 g/mol. The number of carbonyl (C=O) groups is 2. The number of likely N-dealkylation sites (tertiary alicyclic amines) is 1. The summed E-state index contributed by atoms with van der Waals surface area (Å²) in [4.78, 5) is 27.2. The van der Waals surface area contributed by atoms with Crippen LogP contribution in [-0.4, -0.2) is 55.5 Å². The maximum absolute atomic E-state index is 12.5. The fourth-order valence-electron chi connectivity index (χ4n) is 3.53. The fraction of sp³-hybridized carbons (Fsp3) is 0.636. The molecule has 0 aromatic heterocycles. The molecule has 6 nitrogen and oxygen atoms in total. The lowest BCUT2D eigenvalue weighted by Crippen LogP contribution is -2.51. The van der Waals surface area contributed by atoms with Crippen molar-refractivity contribution in [2.24, 2.45) is 11.8 Å². The molecule has 1 aliphatic heterocycles. The molecule has 0 saturated carbocycles. The van der Waals surface area contributed by atoms with E-state index in [2.05, 4.69) is 22.5 Å². The van der Waals surface area contributed by atoms with Crippen LogP contribution in [-0.2, 0) is 9.59 Å². The van der Waals surface area contributed by atoms with Crippen molar-refractivity contribution in [3.63, 3.8) is 0 Å². The topological polar surface area (TPSA) is 70.7 Å². The van der Waals surface area contributed by atoms with Gasteiger partial charge >= 0.3 is 0 Å². The molecule has 2 atom stereocenters. The van der Waals surface area contributed by atoms with Crippen LogP contribution < -0.4 is 15.4 Å². The molecule has 1 aliphatic rings. The van der Waals surface area contributed by atoms with Gasteiger partial charge in [-0.15, -0.1) is 0 Å². The van der Waals surface area contributed by atoms with Crippen molar-refractivity contribution < 1.29 is 14.3 Å². The molecule has 6 heteroatoms. The number of ether oxygens (including phenoxy) is 1. The smallest absolute Gasteiger partial charge is 0.258 e. The Morgan fingerprint density at radius 1 is 1.25 bits per heavy atom. The molecule has 28 heavy (non-hydrogen) atoms. The van der Waals surface area contributed by atoms with Crippen LogP contribution in [0.2, 0.25) is 0 Å². The molecule has 1 aromatic carbocycles. The fourth-order valence-corrected chi connectivity index (χ4v) is 3.53. The molecule has 2 rings (SSSR count). The molecular weight excluding hydrogens is 354 g/mol. The van der Waals surface area contributed by atoms with Crippen LogP contribution in [0.3, 0.4) is 0 Å². The lowest BCUT2D eigenvalue weighted by molar-refractivity contribution is -0.131. The maximum atomic E-state index is 12.5. The van der Waals surface area contributed by atoms with Gasteiger partial charge in [0, 0.05) is 13.1 Å². The molecule has 1 saturated heterocycles. The second-order valence-corrected chi connectivity index (χ2v) is 8.08. The van der Waals surface area contributed by atoms with E-state index in [9.17, 15) is 9.59 Å². The van der Waals surface area contributed by atoms with Crippen molar-refractivity contribution in [3.05, 3.63) is 30.3 Å². The normalized spacial score (nSPS) is 18.5. The van der Waals surface area contributed by atoms with Crippen LogP contribution >= 0.6 is 0 Å². The Balaban J connectivity index is 1.69. The van der Waals surface area contributed by atoms with E-state index >= 15 is 0 Å². The van der Waals surface area contributed by atoms with E-state index in [0.717, 1.165) is 32.0 Å². The standard InChI is InChI=1S/C22H35N3O3/c1-17(2)21(24-20(26)16-28-19-10-5-4-6-11-19)22(27)23-12-8-14-25-13-7-9-18(3)15-25/h4-6,10-11,17-18,21H,7-9,12-16H2,1-3H3,(H,23,27)(H,24,26). The molecule has 0 bridgehead atoms. The zero-order chi connectivity index (χ0) is 20.4. The Bertz CT molecular complexity index is 606. The van der Waals surface area contributed by atoms with Gasteiger partial charge in [-0.2, -0.15) is 0 Å². The molecule has 2 unspecified atom stereocenters. The third-order valence-corrected chi connectivity index (χ3v) is 5.07. The minimum Gasteiger partial charge on any atom is -0.484 e. The van der Waals surface area contributed by atoms with Crippen molar-refractivity contribution >= 4 is 11.8 Å². The van der Waals surface area contributed by atoms with Gasteiger partial charge in [-0.05, 0) is 56.3 Å². The quantitative estimate of drug-likeness (QED) is 0.603. The second kappa shape index (κ2) is 11.7. The van der Waals surface area contributed by atoms with Gasteiger partial charge in [0.2, 0.25) is 5.91 Å². The molecule has 0 radical (unpaired) electrons. The van der Waals surface area contributed by atoms with E-state index in [-0.39, 0.29) is 24.3 Å². The average Bonchev–Trinajstić information content (AvgIpc) is 2.68. The molecule has 156 valence electrons. The first-order chi connectivity index (χ1) is 13.5. The van der Waals surface area contributed by atoms with Gasteiger partial charge < -0.3 is 20.3 Å². The van der Waals surface area contributed by atoms with Crippen LogP contribution in [0.25, 0.3) is 0 Å². The highest BCUT2D eigenvalue weighted by atomic mass is 16.5. The zero-order valence-electron chi connectivity index (χ0n) is 17.4. The van der Waals surface area contributed by atoms with E-state index in [4.69, 9.17) is 4.74 Å². The van der Waals surface area contributed by atoms with Gasteiger partial charge in [-0.1, -0.05) is 39.0 Å². The van der Waals surface area contributed by atoms with Gasteiger partial charge in [-0.3, -0.25) is 9.59 Å². The summed E-state index contributed by atoms with van der Waals surface area (Å²) in [6.45, 7) is 10.00. The van der Waals surface area contributed by atoms with Gasteiger partial charge in [-0.25, -0.2) is 0 Å². The summed E-state index contributed by atoms with van der Waals surface area (Å²) in [6, 6.07) is 8.62. The van der Waals surface area contributed by atoms with Crippen LogP contribution in [0.1, 0.15) is 40.0 Å². The Kier molecular flexibility index (Phi) is 9.28. The molecular formula is C22H35N3O3. The van der Waals surface area contributed by atoms with Crippen molar-refractivity contribution in [1.29, 1.82) is 0 Å². The first-order valence-corrected chi connectivity index (χ1v) is 10.4. The SMILES string of the molecule is CC1CCCN(CCCNC(=O)C(NC(=O)COc2ccccc2)C(C)C)C1. The number of para-hydroxylation sites is 1. The van der Waals surface area contributed by atoms with E-state index in [1.807, 2.05) is 32.0 Å². The summed E-state index contributed by atoms with van der Waals surface area (Å²) in [5.74, 6) is 0.982. The molecule has 0 spiro atoms. The summed E-state index contributed by atoms with van der Waals surface area (Å²) in [6.07, 6.45) is 3.51. The van der Waals surface area contributed by atoms with E-state index in [1.54, 1.807) is 12.1 Å². The van der Waals surface area contributed by atoms with Gasteiger partial charge in [0.05, 0.1) is 0 Å². The Labute approximate surface area is 169 Å². The number of benzene rings is 1. The number of nitrogens with zero attached hydrogens (tertiary/aromatic N) is 1. The van der Waals surface area contributed by atoms with Gasteiger partial charge in [0.15, 0.2) is 6.61 Å². The van der Waals surface area contributed by atoms with Crippen molar-refractivity contribution in [2.45, 2.75) is 46.1 Å². The van der Waals surface area contributed by atoms with E-state index in [0.29, 0.717) is 12.3 Å². The zero-order valence-corrected chi connectivity index (χ0v) is 17.4. The summed E-state index contributed by atoms with van der Waals surface area (Å²) in [7, 11) is 0. The number of piperidine rings is 1. The van der Waals surface area contributed by atoms with E-state index in [1.165, 1.54) is 12.8 Å². The summed E-state index contributed by atoms with van der Waals surface area (Å²) < 4.78 is 5.45. The largest absolute Gasteiger partial charge is 0.484 e. The van der Waals surface area contributed by atoms with E-state index < -0.39 is 6.04 Å². The monoisotopic (exact) mass is 389 g/mol. The molecule has 2 N–H and O–H groups in total. The molecule has 0 aliphatic carbocycles. The van der Waals surface area contributed by atoms with Crippen LogP contribution in [0.15, 0.2) is 30.3 Å². The lowest BCUT2D eigenvalue weighted by Gasteiger charge is -2.30. The first-order valence-electron chi connectivity index (χ1n) is 10.4. The van der Waals surface area contributed by atoms with Gasteiger partial charge in [0.25, 0.3) is 5.91 Å². The number of rotatable bonds is 10. The minimum absolute atomic E-state index is 0.00335. The first kappa shape index (κ1) is 22.2. The molecule has 2 amide bonds. The van der Waals surface area contributed by atoms with Crippen LogP contribution in [0.4, 0.5) is 0 Å². The Morgan fingerprint density at radius 2 is 2.00 bits per heavy atom. The Hall–Kier alpha value is -2.08. The van der Waals surface area contributed by atoms with Crippen molar-refractivity contribution in [2.75, 3.05) is 32.8 Å². The predicted octanol–water partition coefficient (Wildman–Crippen LogP) is 2.44. The van der Waals surface area contributed by atoms with Crippen molar-refractivity contribution in [3.8, 4) is 5.75 Å². The third kappa shape index (κ3) is 7.89. The summed E-state index contributed by atoms with van der Waals surface area (Å²) in [5, 5.41) is 5.77. The number of nitrogens with one attached hydrogen (secondary N) is 2. The highest BCUT2D eigenvalue weighted by molar-refractivity contribution is 5.88. The number of amides is 2. The summed E-state index contributed by atoms with van der Waals surface area (Å²) in [5.41, 5.74) is 0. The highest BCUT2D eigenvalue weighted by Crippen LogP contribution is 2.15. The molecule has 1 fully saturated rings. The molecule has 1 aromatic rings.